The lowest BCUT2D eigenvalue weighted by molar-refractivity contribution is 0.0925. The van der Waals surface area contributed by atoms with Crippen LogP contribution in [-0.4, -0.2) is 38.4 Å². The Kier molecular flexibility index (Phi) is 4.04. The summed E-state index contributed by atoms with van der Waals surface area (Å²) in [4.78, 5) is 16.7. The summed E-state index contributed by atoms with van der Waals surface area (Å²) in [5.41, 5.74) is 2.02. The number of pyridine rings is 1. The predicted octanol–water partition coefficient (Wildman–Crippen LogP) is 1.43. The van der Waals surface area contributed by atoms with E-state index in [0.29, 0.717) is 11.2 Å². The van der Waals surface area contributed by atoms with Gasteiger partial charge < -0.3 is 10.4 Å². The second kappa shape index (κ2) is 5.58. The number of hydrogen-bond donors (Lipinski definition) is 2. The molecular formula is C14H20N4O2. The van der Waals surface area contributed by atoms with Gasteiger partial charge in [0.1, 0.15) is 0 Å². The van der Waals surface area contributed by atoms with Crippen LogP contribution in [0.15, 0.2) is 12.3 Å². The third-order valence-electron chi connectivity index (χ3n) is 2.99. The highest BCUT2D eigenvalue weighted by molar-refractivity contribution is 6.05. The summed E-state index contributed by atoms with van der Waals surface area (Å²) in [6.07, 6.45) is 1.09. The van der Waals surface area contributed by atoms with Crippen molar-refractivity contribution in [1.29, 1.82) is 0 Å². The van der Waals surface area contributed by atoms with Crippen LogP contribution < -0.4 is 5.32 Å². The highest BCUT2D eigenvalue weighted by Crippen LogP contribution is 2.20. The lowest BCUT2D eigenvalue weighted by Crippen LogP contribution is -2.30. The number of hydrogen-bond acceptors (Lipinski definition) is 4. The van der Waals surface area contributed by atoms with Gasteiger partial charge >= 0.3 is 0 Å². The lowest BCUT2D eigenvalue weighted by Gasteiger charge is -2.10. The average molecular weight is 276 g/mol. The second-order valence-corrected chi connectivity index (χ2v) is 5.29. The van der Waals surface area contributed by atoms with Crippen LogP contribution in [0.3, 0.4) is 0 Å². The molecule has 1 amide bonds. The van der Waals surface area contributed by atoms with Crippen LogP contribution in [0.25, 0.3) is 11.0 Å². The number of fused-ring (bicyclic) bond motifs is 1. The molecule has 0 fully saturated rings. The summed E-state index contributed by atoms with van der Waals surface area (Å²) in [7, 11) is 0. The van der Waals surface area contributed by atoms with Gasteiger partial charge in [0.2, 0.25) is 0 Å². The van der Waals surface area contributed by atoms with Crippen molar-refractivity contribution in [1.82, 2.24) is 20.1 Å². The van der Waals surface area contributed by atoms with Crippen LogP contribution in [0.4, 0.5) is 0 Å². The molecule has 0 radical (unpaired) electrons. The molecule has 0 aromatic carbocycles. The molecule has 2 heterocycles. The first-order valence-corrected chi connectivity index (χ1v) is 6.71. The number of rotatable bonds is 4. The van der Waals surface area contributed by atoms with Crippen molar-refractivity contribution in [3.05, 3.63) is 23.5 Å². The Labute approximate surface area is 117 Å². The molecule has 2 aromatic heterocycles. The maximum absolute atomic E-state index is 12.2. The van der Waals surface area contributed by atoms with Gasteiger partial charge in [-0.15, -0.1) is 0 Å². The van der Waals surface area contributed by atoms with Crippen molar-refractivity contribution in [2.24, 2.45) is 0 Å². The van der Waals surface area contributed by atoms with Crippen LogP contribution in [-0.2, 0) is 0 Å². The summed E-state index contributed by atoms with van der Waals surface area (Å²) in [6.45, 7) is 7.74. The fourth-order valence-corrected chi connectivity index (χ4v) is 2.04. The van der Waals surface area contributed by atoms with E-state index in [9.17, 15) is 9.90 Å². The van der Waals surface area contributed by atoms with Crippen LogP contribution in [0.2, 0.25) is 0 Å². The number of amides is 1. The van der Waals surface area contributed by atoms with Crippen LogP contribution in [0, 0.1) is 6.92 Å². The zero-order valence-electron chi connectivity index (χ0n) is 12.2. The summed E-state index contributed by atoms with van der Waals surface area (Å²) in [6, 6.07) is 1.92. The highest BCUT2D eigenvalue weighted by Gasteiger charge is 2.16. The number of aryl methyl sites for hydroxylation is 1. The molecule has 0 bridgehead atoms. The number of nitrogens with zero attached hydrogens (tertiary/aromatic N) is 3. The molecular weight excluding hydrogens is 256 g/mol. The molecule has 1 unspecified atom stereocenters. The molecule has 2 rings (SSSR count). The summed E-state index contributed by atoms with van der Waals surface area (Å²) < 4.78 is 1.80. The molecule has 20 heavy (non-hydrogen) atoms. The maximum Gasteiger partial charge on any atom is 0.252 e. The highest BCUT2D eigenvalue weighted by atomic mass is 16.3. The average Bonchev–Trinajstić information content (AvgIpc) is 2.78. The smallest absolute Gasteiger partial charge is 0.252 e. The predicted molar refractivity (Wildman–Crippen MR) is 76.7 cm³/mol. The van der Waals surface area contributed by atoms with Crippen molar-refractivity contribution < 1.29 is 9.90 Å². The van der Waals surface area contributed by atoms with Crippen LogP contribution in [0.1, 0.15) is 42.9 Å². The molecule has 0 aliphatic rings. The van der Waals surface area contributed by atoms with Gasteiger partial charge in [0.15, 0.2) is 5.65 Å². The van der Waals surface area contributed by atoms with Gasteiger partial charge in [-0.2, -0.15) is 5.10 Å². The van der Waals surface area contributed by atoms with E-state index in [1.54, 1.807) is 23.9 Å². The van der Waals surface area contributed by atoms with Gasteiger partial charge in [-0.25, -0.2) is 9.67 Å². The van der Waals surface area contributed by atoms with E-state index >= 15 is 0 Å². The second-order valence-electron chi connectivity index (χ2n) is 5.29. The Bertz CT molecular complexity index is 631. The lowest BCUT2D eigenvalue weighted by atomic mass is 10.1. The number of aliphatic hydroxyl groups is 1. The Morgan fingerprint density at radius 3 is 2.75 bits per heavy atom. The van der Waals surface area contributed by atoms with E-state index in [1.807, 2.05) is 20.8 Å². The zero-order chi connectivity index (χ0) is 14.9. The third kappa shape index (κ3) is 2.80. The molecule has 1 atom stereocenters. The number of aromatic nitrogens is 3. The number of carbonyl (C=O) groups excluding carboxylic acids is 1. The maximum atomic E-state index is 12.2. The monoisotopic (exact) mass is 276 g/mol. The first-order valence-electron chi connectivity index (χ1n) is 6.71. The zero-order valence-corrected chi connectivity index (χ0v) is 12.2. The molecule has 108 valence electrons. The first-order chi connectivity index (χ1) is 9.40. The van der Waals surface area contributed by atoms with E-state index < -0.39 is 6.10 Å². The van der Waals surface area contributed by atoms with Gasteiger partial charge in [0.25, 0.3) is 5.91 Å². The van der Waals surface area contributed by atoms with Crippen LogP contribution in [0.5, 0.6) is 0 Å². The fourth-order valence-electron chi connectivity index (χ4n) is 2.04. The number of carbonyl (C=O) groups is 1. The summed E-state index contributed by atoms with van der Waals surface area (Å²) in [5, 5.41) is 17.0. The van der Waals surface area contributed by atoms with Crippen LogP contribution >= 0.6 is 0 Å². The minimum absolute atomic E-state index is 0.176. The fraction of sp³-hybridized carbons (Fsp3) is 0.500. The molecule has 0 spiro atoms. The van der Waals surface area contributed by atoms with E-state index in [4.69, 9.17) is 0 Å². The van der Waals surface area contributed by atoms with E-state index in [2.05, 4.69) is 15.4 Å². The van der Waals surface area contributed by atoms with Crippen molar-refractivity contribution in [3.8, 4) is 0 Å². The largest absolute Gasteiger partial charge is 0.392 e. The van der Waals surface area contributed by atoms with Gasteiger partial charge in [0.05, 0.1) is 23.3 Å². The Morgan fingerprint density at radius 2 is 2.15 bits per heavy atom. The minimum atomic E-state index is -0.573. The van der Waals surface area contributed by atoms with E-state index in [-0.39, 0.29) is 18.5 Å². The Hall–Kier alpha value is -1.95. The minimum Gasteiger partial charge on any atom is -0.392 e. The Balaban J connectivity index is 2.45. The molecule has 2 N–H and O–H groups in total. The standard InChI is InChI=1S/C14H20N4O2/c1-8(2)18-13-12(7-16-18)11(5-9(3)17-13)14(20)15-6-10(4)19/h5,7-8,10,19H,6H2,1-4H3,(H,15,20). The van der Waals surface area contributed by atoms with Gasteiger partial charge in [-0.1, -0.05) is 0 Å². The van der Waals surface area contributed by atoms with Crippen molar-refractivity contribution >= 4 is 16.9 Å². The molecule has 0 aliphatic carbocycles. The normalized spacial score (nSPS) is 12.9. The first kappa shape index (κ1) is 14.5. The molecule has 6 heteroatoms. The van der Waals surface area contributed by atoms with Crippen molar-refractivity contribution in [2.75, 3.05) is 6.54 Å². The Morgan fingerprint density at radius 1 is 1.45 bits per heavy atom. The SMILES string of the molecule is Cc1cc(C(=O)NCC(C)O)c2cnn(C(C)C)c2n1. The molecule has 0 saturated heterocycles. The van der Waals surface area contributed by atoms with E-state index in [1.165, 1.54) is 0 Å². The van der Waals surface area contributed by atoms with Crippen molar-refractivity contribution in [3.63, 3.8) is 0 Å². The quantitative estimate of drug-likeness (QED) is 0.885. The summed E-state index contributed by atoms with van der Waals surface area (Å²) in [5.74, 6) is -0.218. The topological polar surface area (TPSA) is 80.0 Å². The number of nitrogens with one attached hydrogen (secondary N) is 1. The van der Waals surface area contributed by atoms with Gasteiger partial charge in [-0.3, -0.25) is 4.79 Å². The van der Waals surface area contributed by atoms with Crippen molar-refractivity contribution in [2.45, 2.75) is 39.8 Å². The molecule has 0 aliphatic heterocycles. The summed E-state index contributed by atoms with van der Waals surface area (Å²) >= 11 is 0. The van der Waals surface area contributed by atoms with Gasteiger partial charge in [0, 0.05) is 18.3 Å². The molecule has 0 saturated carbocycles. The molecule has 6 nitrogen and oxygen atoms in total. The van der Waals surface area contributed by atoms with E-state index in [0.717, 1.165) is 11.1 Å². The molecule has 2 aromatic rings. The third-order valence-corrected chi connectivity index (χ3v) is 2.99. The number of aliphatic hydroxyl groups excluding tert-OH is 1. The van der Waals surface area contributed by atoms with Gasteiger partial charge in [-0.05, 0) is 33.8 Å².